The van der Waals surface area contributed by atoms with Gasteiger partial charge in [-0.2, -0.15) is 18.3 Å². The van der Waals surface area contributed by atoms with Gasteiger partial charge in [0.15, 0.2) is 17.0 Å². The van der Waals surface area contributed by atoms with E-state index in [1.165, 1.54) is 18.2 Å². The zero-order valence-corrected chi connectivity index (χ0v) is 20.6. The summed E-state index contributed by atoms with van der Waals surface area (Å²) in [5.41, 5.74) is -2.82. The van der Waals surface area contributed by atoms with Gasteiger partial charge in [-0.05, 0) is 41.8 Å². The molecule has 15 heteroatoms. The molecule has 0 saturated heterocycles. The molecule has 0 spiro atoms. The lowest BCUT2D eigenvalue weighted by Crippen LogP contribution is -2.16. The van der Waals surface area contributed by atoms with Crippen LogP contribution in [0.3, 0.4) is 0 Å². The third-order valence-corrected chi connectivity index (χ3v) is 6.46. The Morgan fingerprint density at radius 1 is 1.10 bits per heavy atom. The Labute approximate surface area is 224 Å². The Hall–Kier alpha value is -4.56. The number of nitro groups is 1. The van der Waals surface area contributed by atoms with E-state index in [9.17, 15) is 32.5 Å². The van der Waals surface area contributed by atoms with Crippen LogP contribution in [0, 0.1) is 15.9 Å². The van der Waals surface area contributed by atoms with E-state index >= 15 is 0 Å². The number of non-ortho nitro benzene ring substituents is 1. The number of rotatable bonds is 6. The quantitative estimate of drug-likeness (QED) is 0.129. The van der Waals surface area contributed by atoms with Crippen molar-refractivity contribution in [1.82, 2.24) is 14.6 Å². The number of amides is 1. The first kappa shape index (κ1) is 26.1. The van der Waals surface area contributed by atoms with Gasteiger partial charge in [0.1, 0.15) is 22.3 Å². The molecule has 9 nitrogen and oxygen atoms in total. The van der Waals surface area contributed by atoms with Crippen molar-refractivity contribution < 1.29 is 32.0 Å². The summed E-state index contributed by atoms with van der Waals surface area (Å²) in [4.78, 5) is 28.3. The zero-order chi connectivity index (χ0) is 27.9. The normalized spacial score (nSPS) is 11.5. The smallest absolute Gasteiger partial charge is 0.433 e. The Balaban J connectivity index is 1.52. The van der Waals surface area contributed by atoms with E-state index in [0.29, 0.717) is 9.39 Å². The van der Waals surface area contributed by atoms with Crippen LogP contribution in [0.25, 0.3) is 16.2 Å². The first-order chi connectivity index (χ1) is 18.5. The number of hydrogen-bond acceptors (Lipinski definition) is 7. The van der Waals surface area contributed by atoms with Crippen LogP contribution in [0.1, 0.15) is 16.2 Å². The van der Waals surface area contributed by atoms with Crippen molar-refractivity contribution in [1.29, 1.82) is 0 Å². The van der Waals surface area contributed by atoms with Gasteiger partial charge in [-0.3, -0.25) is 14.9 Å². The highest BCUT2D eigenvalue weighted by Crippen LogP contribution is 2.36. The van der Waals surface area contributed by atoms with Gasteiger partial charge < -0.3 is 10.1 Å². The van der Waals surface area contributed by atoms with Gasteiger partial charge in [-0.25, -0.2) is 13.9 Å². The Bertz CT molecular complexity index is 1720. The number of thiophene rings is 1. The van der Waals surface area contributed by atoms with Crippen molar-refractivity contribution in [2.75, 3.05) is 5.32 Å². The SMILES string of the molecule is O=C(Nc1cc(Oc2ccc(F)cc2)cc([N+](=O)[O-])c1)c1nn2c(C(F)(F)F)cc(-c3cccs3)nc2c1Cl. The maximum absolute atomic E-state index is 13.9. The molecule has 0 aliphatic heterocycles. The number of alkyl halides is 3. The number of nitrogens with one attached hydrogen (secondary N) is 1. The van der Waals surface area contributed by atoms with E-state index in [0.717, 1.165) is 41.7 Å². The van der Waals surface area contributed by atoms with Crippen LogP contribution in [0.15, 0.2) is 66.0 Å². The van der Waals surface area contributed by atoms with Crippen molar-refractivity contribution in [2.45, 2.75) is 6.18 Å². The minimum Gasteiger partial charge on any atom is -0.457 e. The second kappa shape index (κ2) is 9.96. The van der Waals surface area contributed by atoms with Gasteiger partial charge in [0.25, 0.3) is 11.6 Å². The molecule has 0 aliphatic carbocycles. The maximum Gasteiger partial charge on any atom is 0.433 e. The van der Waals surface area contributed by atoms with Gasteiger partial charge in [-0.15, -0.1) is 11.3 Å². The highest BCUT2D eigenvalue weighted by molar-refractivity contribution is 7.13. The average molecular weight is 578 g/mol. The predicted molar refractivity (Wildman–Crippen MR) is 134 cm³/mol. The molecule has 0 saturated carbocycles. The summed E-state index contributed by atoms with van der Waals surface area (Å²) in [6.07, 6.45) is -4.86. The van der Waals surface area contributed by atoms with Gasteiger partial charge in [0.05, 0.1) is 27.2 Å². The number of carbonyl (C=O) groups is 1. The summed E-state index contributed by atoms with van der Waals surface area (Å²) in [5, 5.41) is 18.7. The molecule has 2 aromatic carbocycles. The molecular formula is C24H12ClF4N5O4S. The minimum atomic E-state index is -4.86. The molecule has 5 rings (SSSR count). The van der Waals surface area contributed by atoms with Crippen LogP contribution in [-0.2, 0) is 6.18 Å². The Morgan fingerprint density at radius 3 is 2.49 bits per heavy atom. The average Bonchev–Trinajstić information content (AvgIpc) is 3.53. The first-order valence-corrected chi connectivity index (χ1v) is 12.0. The zero-order valence-electron chi connectivity index (χ0n) is 19.1. The lowest BCUT2D eigenvalue weighted by Gasteiger charge is -2.10. The molecule has 39 heavy (non-hydrogen) atoms. The minimum absolute atomic E-state index is 0.0140. The second-order valence-electron chi connectivity index (χ2n) is 7.88. The highest BCUT2D eigenvalue weighted by Gasteiger charge is 2.37. The molecular weight excluding hydrogens is 566 g/mol. The maximum atomic E-state index is 13.9. The first-order valence-electron chi connectivity index (χ1n) is 10.7. The van der Waals surface area contributed by atoms with E-state index in [2.05, 4.69) is 15.4 Å². The predicted octanol–water partition coefficient (Wildman–Crippen LogP) is 7.22. The molecule has 3 aromatic heterocycles. The van der Waals surface area contributed by atoms with Crippen LogP contribution >= 0.6 is 22.9 Å². The number of ether oxygens (including phenoxy) is 1. The van der Waals surface area contributed by atoms with Crippen molar-refractivity contribution >= 4 is 45.9 Å². The van der Waals surface area contributed by atoms with E-state index in [-0.39, 0.29) is 22.9 Å². The van der Waals surface area contributed by atoms with Crippen LogP contribution < -0.4 is 10.1 Å². The van der Waals surface area contributed by atoms with Gasteiger partial charge in [-0.1, -0.05) is 17.7 Å². The molecule has 0 fully saturated rings. The fraction of sp³-hybridized carbons (Fsp3) is 0.0417. The topological polar surface area (TPSA) is 112 Å². The summed E-state index contributed by atoms with van der Waals surface area (Å²) in [5.74, 6) is -1.49. The number of nitro benzene ring substituents is 1. The summed E-state index contributed by atoms with van der Waals surface area (Å²) in [6.45, 7) is 0. The van der Waals surface area contributed by atoms with Crippen LogP contribution in [0.2, 0.25) is 5.02 Å². The van der Waals surface area contributed by atoms with Crippen molar-refractivity contribution in [3.63, 3.8) is 0 Å². The van der Waals surface area contributed by atoms with Crippen molar-refractivity contribution in [3.05, 3.63) is 98.4 Å². The summed E-state index contributed by atoms with van der Waals surface area (Å²) in [6, 6.07) is 12.1. The molecule has 5 aromatic rings. The number of benzene rings is 2. The Morgan fingerprint density at radius 2 is 1.85 bits per heavy atom. The Kier molecular flexibility index (Phi) is 6.66. The second-order valence-corrected chi connectivity index (χ2v) is 9.21. The van der Waals surface area contributed by atoms with Gasteiger partial charge in [0, 0.05) is 12.1 Å². The van der Waals surface area contributed by atoms with E-state index in [1.807, 2.05) is 0 Å². The molecule has 3 heterocycles. The fourth-order valence-corrected chi connectivity index (χ4v) is 4.47. The largest absolute Gasteiger partial charge is 0.457 e. The fourth-order valence-electron chi connectivity index (χ4n) is 3.54. The number of aromatic nitrogens is 3. The third-order valence-electron chi connectivity index (χ3n) is 5.22. The lowest BCUT2D eigenvalue weighted by atomic mass is 10.2. The van der Waals surface area contributed by atoms with Crippen LogP contribution in [0.4, 0.5) is 28.9 Å². The molecule has 1 amide bonds. The van der Waals surface area contributed by atoms with Gasteiger partial charge in [0.2, 0.25) is 0 Å². The van der Waals surface area contributed by atoms with Crippen molar-refractivity contribution in [2.24, 2.45) is 0 Å². The highest BCUT2D eigenvalue weighted by atomic mass is 35.5. The molecule has 0 bridgehead atoms. The van der Waals surface area contributed by atoms with Crippen LogP contribution in [0.5, 0.6) is 11.5 Å². The molecule has 0 radical (unpaired) electrons. The monoisotopic (exact) mass is 577 g/mol. The number of hydrogen-bond donors (Lipinski definition) is 1. The number of fused-ring (bicyclic) bond motifs is 1. The van der Waals surface area contributed by atoms with E-state index in [1.54, 1.807) is 17.5 Å². The number of nitrogens with zero attached hydrogens (tertiary/aromatic N) is 4. The van der Waals surface area contributed by atoms with Gasteiger partial charge >= 0.3 is 6.18 Å². The molecule has 0 aliphatic rings. The molecule has 0 atom stereocenters. The number of anilines is 1. The van der Waals surface area contributed by atoms with Crippen LogP contribution in [-0.4, -0.2) is 25.4 Å². The third kappa shape index (κ3) is 5.37. The summed E-state index contributed by atoms with van der Waals surface area (Å²) in [7, 11) is 0. The molecule has 198 valence electrons. The molecule has 1 N–H and O–H groups in total. The van der Waals surface area contributed by atoms with Crippen molar-refractivity contribution in [3.8, 4) is 22.1 Å². The number of halogens is 5. The summed E-state index contributed by atoms with van der Waals surface area (Å²) >= 11 is 7.44. The molecule has 0 unspecified atom stereocenters. The summed E-state index contributed by atoms with van der Waals surface area (Å²) < 4.78 is 60.7. The lowest BCUT2D eigenvalue weighted by molar-refractivity contribution is -0.384. The number of carbonyl (C=O) groups excluding carboxylic acids is 1. The van der Waals surface area contributed by atoms with E-state index < -0.39 is 50.6 Å². The van der Waals surface area contributed by atoms with E-state index in [4.69, 9.17) is 16.3 Å². The standard InChI is InChI=1S/C24H12ClF4N5O4S/c25-20-21(32-33-19(24(27,28)29)11-17(31-22(20)33)18-2-1-7-39-18)23(35)30-13-8-14(34(36)37)10-16(9-13)38-15-5-3-12(26)4-6-15/h1-11H,(H,30,35).